The third-order valence-corrected chi connectivity index (χ3v) is 1.60. The molecule has 0 N–H and O–H groups in total. The van der Waals surface area contributed by atoms with Crippen LogP contribution in [0.3, 0.4) is 0 Å². The molecule has 12 heavy (non-hydrogen) atoms. The second-order valence-electron chi connectivity index (χ2n) is 2.34. The van der Waals surface area contributed by atoms with Crippen molar-refractivity contribution in [3.63, 3.8) is 0 Å². The Hall–Kier alpha value is -1.64. The van der Waals surface area contributed by atoms with E-state index in [9.17, 15) is 0 Å². The molecular formula is C9H7N2O. The number of nitrogens with zero attached hydrogens (tertiary/aromatic N) is 2. The van der Waals surface area contributed by atoms with Crippen molar-refractivity contribution in [2.75, 3.05) is 7.11 Å². The van der Waals surface area contributed by atoms with Gasteiger partial charge in [0.1, 0.15) is 0 Å². The Morgan fingerprint density at radius 2 is 2.25 bits per heavy atom. The smallest absolute Gasteiger partial charge is 0.215 e. The van der Waals surface area contributed by atoms with E-state index in [1.54, 1.807) is 13.2 Å². The molecule has 0 fully saturated rings. The van der Waals surface area contributed by atoms with Crippen LogP contribution in [-0.2, 0) is 0 Å². The number of fused-ring (bicyclic) bond motifs is 1. The largest absolute Gasteiger partial charge is 0.481 e. The van der Waals surface area contributed by atoms with Crippen molar-refractivity contribution in [2.24, 2.45) is 0 Å². The van der Waals surface area contributed by atoms with Gasteiger partial charge in [-0.15, -0.1) is 0 Å². The summed E-state index contributed by atoms with van der Waals surface area (Å²) in [5, 5.41) is 0.995. The minimum atomic E-state index is 0.578. The number of aromatic nitrogens is 2. The summed E-state index contributed by atoms with van der Waals surface area (Å²) in [6, 6.07) is 7.40. The van der Waals surface area contributed by atoms with Crippen LogP contribution in [0.5, 0.6) is 5.88 Å². The summed E-state index contributed by atoms with van der Waals surface area (Å²) in [4.78, 5) is 8.10. The number of rotatable bonds is 1. The minimum absolute atomic E-state index is 0.578. The quantitative estimate of drug-likeness (QED) is 0.631. The van der Waals surface area contributed by atoms with E-state index in [0.29, 0.717) is 11.5 Å². The fourth-order valence-electron chi connectivity index (χ4n) is 1.00. The van der Waals surface area contributed by atoms with Crippen LogP contribution in [0.2, 0.25) is 0 Å². The highest BCUT2D eigenvalue weighted by Crippen LogP contribution is 2.12. The lowest BCUT2D eigenvalue weighted by Gasteiger charge is -1.98. The van der Waals surface area contributed by atoms with Crippen molar-refractivity contribution in [1.82, 2.24) is 9.97 Å². The minimum Gasteiger partial charge on any atom is -0.481 e. The molecule has 59 valence electrons. The first-order valence-corrected chi connectivity index (χ1v) is 3.58. The standard InChI is InChI=1S/C9H7N2O/c1-12-8-5-4-7-3-2-6-10-9(7)11-8/h2-5H,1H3. The normalized spacial score (nSPS) is 10.1. The number of pyridine rings is 2. The van der Waals surface area contributed by atoms with E-state index >= 15 is 0 Å². The van der Waals surface area contributed by atoms with E-state index in [0.717, 1.165) is 5.39 Å². The van der Waals surface area contributed by atoms with Gasteiger partial charge < -0.3 is 4.74 Å². The molecular weight excluding hydrogens is 152 g/mol. The van der Waals surface area contributed by atoms with Gasteiger partial charge in [-0.3, -0.25) is 0 Å². The second kappa shape index (κ2) is 2.77. The monoisotopic (exact) mass is 159 g/mol. The topological polar surface area (TPSA) is 35.0 Å². The first-order valence-electron chi connectivity index (χ1n) is 3.58. The predicted octanol–water partition coefficient (Wildman–Crippen LogP) is 1.44. The SMILES string of the molecule is COc1ccc2cc[c]nc2n1. The molecule has 0 aliphatic carbocycles. The van der Waals surface area contributed by atoms with Gasteiger partial charge in [0.15, 0.2) is 5.65 Å². The number of methoxy groups -OCH3 is 1. The molecule has 2 rings (SSSR count). The molecule has 0 unspecified atom stereocenters. The highest BCUT2D eigenvalue weighted by Gasteiger charge is 1.96. The summed E-state index contributed by atoms with van der Waals surface area (Å²) in [7, 11) is 1.58. The second-order valence-corrected chi connectivity index (χ2v) is 2.34. The van der Waals surface area contributed by atoms with E-state index in [1.807, 2.05) is 18.2 Å². The van der Waals surface area contributed by atoms with Gasteiger partial charge in [0.2, 0.25) is 5.88 Å². The third-order valence-electron chi connectivity index (χ3n) is 1.60. The van der Waals surface area contributed by atoms with Crippen LogP contribution in [0, 0.1) is 6.20 Å². The van der Waals surface area contributed by atoms with Crippen LogP contribution in [0.4, 0.5) is 0 Å². The van der Waals surface area contributed by atoms with Gasteiger partial charge in [-0.25, -0.2) is 4.98 Å². The van der Waals surface area contributed by atoms with E-state index in [4.69, 9.17) is 4.74 Å². The van der Waals surface area contributed by atoms with Crippen LogP contribution in [0.25, 0.3) is 11.0 Å². The Labute approximate surface area is 70.0 Å². The van der Waals surface area contributed by atoms with E-state index < -0.39 is 0 Å². The molecule has 1 radical (unpaired) electrons. The average Bonchev–Trinajstić information content (AvgIpc) is 2.17. The summed E-state index contributed by atoms with van der Waals surface area (Å²) < 4.78 is 4.96. The molecule has 0 atom stereocenters. The number of hydrogen-bond acceptors (Lipinski definition) is 3. The summed E-state index contributed by atoms with van der Waals surface area (Å²) in [6.45, 7) is 0. The van der Waals surface area contributed by atoms with Crippen molar-refractivity contribution >= 4 is 11.0 Å². The van der Waals surface area contributed by atoms with Crippen molar-refractivity contribution < 1.29 is 4.74 Å². The van der Waals surface area contributed by atoms with E-state index in [2.05, 4.69) is 16.2 Å². The zero-order chi connectivity index (χ0) is 8.39. The molecule has 0 spiro atoms. The van der Waals surface area contributed by atoms with E-state index in [1.165, 1.54) is 0 Å². The molecule has 0 amide bonds. The Morgan fingerprint density at radius 1 is 1.33 bits per heavy atom. The Morgan fingerprint density at radius 3 is 3.08 bits per heavy atom. The summed E-state index contributed by atoms with van der Waals surface area (Å²) in [5.74, 6) is 0.578. The lowest BCUT2D eigenvalue weighted by Crippen LogP contribution is -1.88. The highest BCUT2D eigenvalue weighted by molar-refractivity contribution is 5.74. The summed E-state index contributed by atoms with van der Waals surface area (Å²) >= 11 is 0. The van der Waals surface area contributed by atoms with Crippen molar-refractivity contribution in [3.05, 3.63) is 30.5 Å². The van der Waals surface area contributed by atoms with Gasteiger partial charge in [0.05, 0.1) is 13.3 Å². The van der Waals surface area contributed by atoms with Crippen LogP contribution >= 0.6 is 0 Å². The van der Waals surface area contributed by atoms with Crippen LogP contribution in [-0.4, -0.2) is 17.1 Å². The molecule has 0 saturated carbocycles. The molecule has 2 heterocycles. The predicted molar refractivity (Wildman–Crippen MR) is 44.9 cm³/mol. The molecule has 3 nitrogen and oxygen atoms in total. The van der Waals surface area contributed by atoms with Crippen LogP contribution in [0.15, 0.2) is 24.3 Å². The lowest BCUT2D eigenvalue weighted by molar-refractivity contribution is 0.399. The zero-order valence-electron chi connectivity index (χ0n) is 6.61. The van der Waals surface area contributed by atoms with Gasteiger partial charge in [-0.2, -0.15) is 4.98 Å². The maximum Gasteiger partial charge on any atom is 0.215 e. The average molecular weight is 159 g/mol. The molecule has 2 aromatic rings. The van der Waals surface area contributed by atoms with Crippen molar-refractivity contribution in [1.29, 1.82) is 0 Å². The lowest BCUT2D eigenvalue weighted by atomic mass is 10.3. The van der Waals surface area contributed by atoms with Crippen LogP contribution in [0.1, 0.15) is 0 Å². The third kappa shape index (κ3) is 1.09. The molecule has 0 aliphatic rings. The number of hydrogen-bond donors (Lipinski definition) is 0. The molecule has 0 aromatic carbocycles. The first kappa shape index (κ1) is 7.03. The van der Waals surface area contributed by atoms with Gasteiger partial charge in [0.25, 0.3) is 0 Å². The fourth-order valence-corrected chi connectivity index (χ4v) is 1.00. The maximum atomic E-state index is 4.96. The zero-order valence-corrected chi connectivity index (χ0v) is 6.61. The summed E-state index contributed by atoms with van der Waals surface area (Å²) in [5.41, 5.74) is 0.664. The first-order chi connectivity index (χ1) is 5.90. The Kier molecular flexibility index (Phi) is 1.63. The van der Waals surface area contributed by atoms with Gasteiger partial charge in [0, 0.05) is 11.5 Å². The van der Waals surface area contributed by atoms with Gasteiger partial charge in [-0.1, -0.05) is 0 Å². The molecule has 2 aromatic heterocycles. The van der Waals surface area contributed by atoms with Crippen molar-refractivity contribution in [3.8, 4) is 5.88 Å². The Balaban J connectivity index is 2.67. The van der Waals surface area contributed by atoms with Gasteiger partial charge in [-0.05, 0) is 18.2 Å². The van der Waals surface area contributed by atoms with Gasteiger partial charge >= 0.3 is 0 Å². The summed E-state index contributed by atoms with van der Waals surface area (Å²) in [6.07, 6.45) is 2.72. The fraction of sp³-hybridized carbons (Fsp3) is 0.111. The molecule has 0 aliphatic heterocycles. The van der Waals surface area contributed by atoms with Crippen molar-refractivity contribution in [2.45, 2.75) is 0 Å². The maximum absolute atomic E-state index is 4.96. The molecule has 3 heteroatoms. The highest BCUT2D eigenvalue weighted by atomic mass is 16.5. The van der Waals surface area contributed by atoms with Crippen LogP contribution < -0.4 is 4.74 Å². The molecule has 0 saturated heterocycles. The number of ether oxygens (including phenoxy) is 1. The van der Waals surface area contributed by atoms with E-state index in [-0.39, 0.29) is 0 Å². The molecule has 0 bridgehead atoms. The Bertz CT molecular complexity index is 400.